The lowest BCUT2D eigenvalue weighted by Gasteiger charge is -2.09. The van der Waals surface area contributed by atoms with Gasteiger partial charge in [0.05, 0.1) is 13.0 Å². The van der Waals surface area contributed by atoms with Crippen LogP contribution in [-0.4, -0.2) is 24.5 Å². The first-order chi connectivity index (χ1) is 12.5. The number of nitrogens with two attached hydrogens (primary N) is 1. The van der Waals surface area contributed by atoms with Crippen molar-refractivity contribution in [2.45, 2.75) is 24.8 Å². The molecule has 0 unspecified atom stereocenters. The summed E-state index contributed by atoms with van der Waals surface area (Å²) in [7, 11) is 0. The molecule has 7 heteroatoms. The second-order valence-electron chi connectivity index (χ2n) is 6.14. The minimum absolute atomic E-state index is 0.0965. The predicted molar refractivity (Wildman–Crippen MR) is 95.8 cm³/mol. The molecule has 0 aromatic heterocycles. The van der Waals surface area contributed by atoms with Crippen LogP contribution in [0.15, 0.2) is 42.5 Å². The van der Waals surface area contributed by atoms with Gasteiger partial charge >= 0.3 is 0 Å². The smallest absolute Gasteiger partial charge is 0.248 e. The summed E-state index contributed by atoms with van der Waals surface area (Å²) in [5.41, 5.74) is 6.01. The van der Waals surface area contributed by atoms with Gasteiger partial charge in [-0.15, -0.1) is 0 Å². The van der Waals surface area contributed by atoms with E-state index in [4.69, 9.17) is 22.1 Å². The first kappa shape index (κ1) is 18.2. The van der Waals surface area contributed by atoms with Crippen LogP contribution < -0.4 is 15.8 Å². The fourth-order valence-electron chi connectivity index (χ4n) is 2.82. The monoisotopic (exact) mass is 376 g/mol. The van der Waals surface area contributed by atoms with Gasteiger partial charge in [-0.3, -0.25) is 9.59 Å². The summed E-state index contributed by atoms with van der Waals surface area (Å²) in [6.07, 6.45) is 0.808. The third-order valence-electron chi connectivity index (χ3n) is 4.22. The first-order valence-corrected chi connectivity index (χ1v) is 8.59. The lowest BCUT2D eigenvalue weighted by atomic mass is 10.1. The maximum absolute atomic E-state index is 13.9. The summed E-state index contributed by atoms with van der Waals surface area (Å²) in [5, 5.41) is 3.23. The Bertz CT molecular complexity index is 823. The molecular formula is C19H18ClFN2O3. The van der Waals surface area contributed by atoms with E-state index in [1.807, 2.05) is 0 Å². The Morgan fingerprint density at radius 3 is 2.77 bits per heavy atom. The molecule has 0 aliphatic heterocycles. The fourth-order valence-corrected chi connectivity index (χ4v) is 3.12. The van der Waals surface area contributed by atoms with Crippen LogP contribution >= 0.6 is 11.6 Å². The van der Waals surface area contributed by atoms with E-state index in [9.17, 15) is 14.0 Å². The molecule has 2 amide bonds. The van der Waals surface area contributed by atoms with Gasteiger partial charge < -0.3 is 15.8 Å². The number of primary amides is 1. The molecule has 1 aliphatic rings. The van der Waals surface area contributed by atoms with Crippen LogP contribution in [0.3, 0.4) is 0 Å². The average molecular weight is 377 g/mol. The lowest BCUT2D eigenvalue weighted by molar-refractivity contribution is -0.121. The molecule has 136 valence electrons. The standard InChI is InChI=1S/C19H18ClFN2O3/c20-14-5-2-6-15(21)18(14)13-10-16(13)23-17(24)7-8-26-12-4-1-3-11(9-12)19(22)25/h1-6,9,13,16H,7-8,10H2,(H2,22,25)(H,23,24)/t13-,16-/m1/s1. The van der Waals surface area contributed by atoms with Crippen LogP contribution in [0, 0.1) is 5.82 Å². The molecule has 2 aromatic carbocycles. The van der Waals surface area contributed by atoms with Gasteiger partial charge in [-0.05, 0) is 36.8 Å². The largest absolute Gasteiger partial charge is 0.493 e. The molecule has 5 nitrogen and oxygen atoms in total. The lowest BCUT2D eigenvalue weighted by Crippen LogP contribution is -2.28. The highest BCUT2D eigenvalue weighted by molar-refractivity contribution is 6.31. The number of rotatable bonds is 7. The number of nitrogens with one attached hydrogen (secondary N) is 1. The van der Waals surface area contributed by atoms with Gasteiger partial charge in [-0.1, -0.05) is 23.7 Å². The van der Waals surface area contributed by atoms with Crippen molar-refractivity contribution >= 4 is 23.4 Å². The third-order valence-corrected chi connectivity index (χ3v) is 4.55. The highest BCUT2D eigenvalue weighted by atomic mass is 35.5. The summed E-state index contributed by atoms with van der Waals surface area (Å²) in [6, 6.07) is 10.9. The number of ether oxygens (including phenoxy) is 1. The Balaban J connectivity index is 1.46. The molecule has 2 aromatic rings. The zero-order chi connectivity index (χ0) is 18.7. The van der Waals surface area contributed by atoms with Crippen molar-refractivity contribution in [1.82, 2.24) is 5.32 Å². The SMILES string of the molecule is NC(=O)c1cccc(OCCC(=O)N[C@@H]2C[C@H]2c2c(F)cccc2Cl)c1. The number of amides is 2. The Kier molecular flexibility index (Phi) is 5.42. The Morgan fingerprint density at radius 1 is 1.27 bits per heavy atom. The van der Waals surface area contributed by atoms with E-state index in [0.717, 1.165) is 0 Å². The summed E-state index contributed by atoms with van der Waals surface area (Å²) >= 11 is 6.05. The van der Waals surface area contributed by atoms with E-state index < -0.39 is 5.91 Å². The fraction of sp³-hybridized carbons (Fsp3) is 0.263. The molecule has 1 aliphatic carbocycles. The van der Waals surface area contributed by atoms with Gasteiger partial charge in [-0.25, -0.2) is 4.39 Å². The van der Waals surface area contributed by atoms with Crippen molar-refractivity contribution < 1.29 is 18.7 Å². The van der Waals surface area contributed by atoms with Crippen LogP contribution in [0.4, 0.5) is 4.39 Å². The quantitative estimate of drug-likeness (QED) is 0.779. The minimum Gasteiger partial charge on any atom is -0.493 e. The van der Waals surface area contributed by atoms with Crippen molar-refractivity contribution in [2.24, 2.45) is 5.73 Å². The second-order valence-corrected chi connectivity index (χ2v) is 6.55. The van der Waals surface area contributed by atoms with Gasteiger partial charge in [0, 0.05) is 28.1 Å². The Morgan fingerprint density at radius 2 is 2.04 bits per heavy atom. The molecule has 3 N–H and O–H groups in total. The maximum atomic E-state index is 13.9. The van der Waals surface area contributed by atoms with E-state index in [2.05, 4.69) is 5.32 Å². The van der Waals surface area contributed by atoms with Gasteiger partial charge in [0.1, 0.15) is 11.6 Å². The van der Waals surface area contributed by atoms with Crippen LogP contribution in [0.2, 0.25) is 5.02 Å². The second kappa shape index (κ2) is 7.74. The molecule has 3 rings (SSSR count). The van der Waals surface area contributed by atoms with Gasteiger partial charge in [0.15, 0.2) is 0 Å². The summed E-state index contributed by atoms with van der Waals surface area (Å²) in [6.45, 7) is 0.159. The zero-order valence-corrected chi connectivity index (χ0v) is 14.6. The number of carbonyl (C=O) groups is 2. The van der Waals surface area contributed by atoms with E-state index in [1.54, 1.807) is 30.3 Å². The van der Waals surface area contributed by atoms with Crippen LogP contribution in [0.25, 0.3) is 0 Å². The Hall–Kier alpha value is -2.60. The van der Waals surface area contributed by atoms with E-state index in [-0.39, 0.29) is 36.7 Å². The molecule has 0 spiro atoms. The van der Waals surface area contributed by atoms with Crippen molar-refractivity contribution in [2.75, 3.05) is 6.61 Å². The van der Waals surface area contributed by atoms with Crippen LogP contribution in [0.5, 0.6) is 5.75 Å². The van der Waals surface area contributed by atoms with Crippen molar-refractivity contribution in [3.8, 4) is 5.75 Å². The number of carbonyl (C=O) groups excluding carboxylic acids is 2. The Labute approximate surface area is 155 Å². The predicted octanol–water partition coefficient (Wildman–Crippen LogP) is 3.02. The minimum atomic E-state index is -0.542. The van der Waals surface area contributed by atoms with Gasteiger partial charge in [0.2, 0.25) is 11.8 Å². The maximum Gasteiger partial charge on any atom is 0.248 e. The molecule has 0 heterocycles. The molecule has 26 heavy (non-hydrogen) atoms. The highest BCUT2D eigenvalue weighted by Gasteiger charge is 2.42. The van der Waals surface area contributed by atoms with Gasteiger partial charge in [-0.2, -0.15) is 0 Å². The van der Waals surface area contributed by atoms with Crippen molar-refractivity contribution in [3.05, 3.63) is 64.4 Å². The molecule has 0 saturated heterocycles. The molecule has 1 fully saturated rings. The topological polar surface area (TPSA) is 81.4 Å². The molecule has 2 atom stereocenters. The number of halogens is 2. The van der Waals surface area contributed by atoms with Crippen LogP contribution in [-0.2, 0) is 4.79 Å². The highest BCUT2D eigenvalue weighted by Crippen LogP contribution is 2.44. The molecule has 0 radical (unpaired) electrons. The molecular weight excluding hydrogens is 359 g/mol. The third kappa shape index (κ3) is 4.32. The van der Waals surface area contributed by atoms with E-state index >= 15 is 0 Å². The van der Waals surface area contributed by atoms with Gasteiger partial charge in [0.25, 0.3) is 0 Å². The number of hydrogen-bond donors (Lipinski definition) is 2. The zero-order valence-electron chi connectivity index (χ0n) is 13.9. The first-order valence-electron chi connectivity index (χ1n) is 8.21. The molecule has 0 bridgehead atoms. The normalized spacial score (nSPS) is 18.2. The number of benzene rings is 2. The van der Waals surface area contributed by atoms with Crippen molar-refractivity contribution in [1.29, 1.82) is 0 Å². The summed E-state index contributed by atoms with van der Waals surface area (Å²) < 4.78 is 19.4. The van der Waals surface area contributed by atoms with E-state index in [1.165, 1.54) is 12.1 Å². The summed E-state index contributed by atoms with van der Waals surface area (Å²) in [4.78, 5) is 23.1. The number of hydrogen-bond acceptors (Lipinski definition) is 3. The molecule has 1 saturated carbocycles. The average Bonchev–Trinajstić information content (AvgIpc) is 3.33. The summed E-state index contributed by atoms with van der Waals surface area (Å²) in [5.74, 6) is -0.704. The van der Waals surface area contributed by atoms with Crippen LogP contribution in [0.1, 0.15) is 34.7 Å². The van der Waals surface area contributed by atoms with E-state index in [0.29, 0.717) is 28.3 Å². The van der Waals surface area contributed by atoms with Crippen molar-refractivity contribution in [3.63, 3.8) is 0 Å².